The van der Waals surface area contributed by atoms with Gasteiger partial charge in [0.1, 0.15) is 0 Å². The number of Topliss-reactive ketones (excluding diaryl/α,β-unsaturated/α-hetero) is 1. The van der Waals surface area contributed by atoms with Crippen molar-refractivity contribution in [2.24, 2.45) is 0 Å². The maximum absolute atomic E-state index is 12.0. The van der Waals surface area contributed by atoms with Gasteiger partial charge in [-0.25, -0.2) is 4.79 Å². The van der Waals surface area contributed by atoms with Crippen LogP contribution >= 0.6 is 0 Å². The molecule has 6 nitrogen and oxygen atoms in total. The molecule has 0 radical (unpaired) electrons. The van der Waals surface area contributed by atoms with Crippen LogP contribution in [0.4, 0.5) is 5.69 Å². The Kier molecular flexibility index (Phi) is 5.27. The zero-order chi connectivity index (χ0) is 16.1. The normalized spacial score (nSPS) is 18.5. The van der Waals surface area contributed by atoms with Gasteiger partial charge < -0.3 is 14.8 Å². The van der Waals surface area contributed by atoms with Crippen molar-refractivity contribution in [3.05, 3.63) is 29.8 Å². The van der Waals surface area contributed by atoms with Gasteiger partial charge in [-0.3, -0.25) is 9.59 Å². The standard InChI is InChI=1S/C16H19NO5/c1-10(18)12-5-3-6-13(9-12)17-15(19)11(2)22-16(20)14-7-4-8-21-14/h3,5-6,9,11,14H,4,7-8H2,1-2H3,(H,17,19)/t11-,14+/m1/s1. The van der Waals surface area contributed by atoms with Gasteiger partial charge in [-0.15, -0.1) is 0 Å². The average Bonchev–Trinajstić information content (AvgIpc) is 3.01. The smallest absolute Gasteiger partial charge is 0.336 e. The number of nitrogens with one attached hydrogen (secondary N) is 1. The number of hydrogen-bond donors (Lipinski definition) is 1. The second-order valence-electron chi connectivity index (χ2n) is 5.21. The van der Waals surface area contributed by atoms with Crippen LogP contribution in [0.1, 0.15) is 37.0 Å². The van der Waals surface area contributed by atoms with Crippen LogP contribution in [0.3, 0.4) is 0 Å². The van der Waals surface area contributed by atoms with Crippen molar-refractivity contribution < 1.29 is 23.9 Å². The zero-order valence-electron chi connectivity index (χ0n) is 12.6. The Hall–Kier alpha value is -2.21. The van der Waals surface area contributed by atoms with E-state index in [1.807, 2.05) is 0 Å². The molecule has 0 spiro atoms. The van der Waals surface area contributed by atoms with E-state index in [9.17, 15) is 14.4 Å². The third kappa shape index (κ3) is 4.14. The van der Waals surface area contributed by atoms with Crippen LogP contribution in [-0.2, 0) is 19.1 Å². The molecule has 2 rings (SSSR count). The fourth-order valence-corrected chi connectivity index (χ4v) is 2.13. The fourth-order valence-electron chi connectivity index (χ4n) is 2.13. The van der Waals surface area contributed by atoms with Crippen molar-refractivity contribution in [2.75, 3.05) is 11.9 Å². The SMILES string of the molecule is CC(=O)c1cccc(NC(=O)[C@@H](C)OC(=O)[C@@H]2CCCO2)c1. The molecule has 0 bridgehead atoms. The number of anilines is 1. The first kappa shape index (κ1) is 16.2. The zero-order valence-corrected chi connectivity index (χ0v) is 12.6. The van der Waals surface area contributed by atoms with E-state index in [2.05, 4.69) is 5.32 Å². The van der Waals surface area contributed by atoms with Crippen LogP contribution in [0, 0.1) is 0 Å². The van der Waals surface area contributed by atoms with Crippen LogP contribution < -0.4 is 5.32 Å². The van der Waals surface area contributed by atoms with Gasteiger partial charge in [-0.05, 0) is 38.8 Å². The molecule has 0 aromatic heterocycles. The largest absolute Gasteiger partial charge is 0.451 e. The number of rotatable bonds is 5. The van der Waals surface area contributed by atoms with Crippen molar-refractivity contribution in [2.45, 2.75) is 38.9 Å². The minimum atomic E-state index is -0.933. The summed E-state index contributed by atoms with van der Waals surface area (Å²) >= 11 is 0. The van der Waals surface area contributed by atoms with Gasteiger partial charge in [-0.1, -0.05) is 12.1 Å². The number of hydrogen-bond acceptors (Lipinski definition) is 5. The number of ether oxygens (including phenoxy) is 2. The van der Waals surface area contributed by atoms with Gasteiger partial charge in [0.15, 0.2) is 18.0 Å². The van der Waals surface area contributed by atoms with Crippen LogP contribution in [-0.4, -0.2) is 36.5 Å². The molecular weight excluding hydrogens is 286 g/mol. The molecule has 22 heavy (non-hydrogen) atoms. The molecule has 0 saturated carbocycles. The van der Waals surface area contributed by atoms with Crippen molar-refractivity contribution in [1.29, 1.82) is 0 Å². The Morgan fingerprint density at radius 1 is 1.36 bits per heavy atom. The van der Waals surface area contributed by atoms with Gasteiger partial charge in [0.25, 0.3) is 5.91 Å². The van der Waals surface area contributed by atoms with Crippen LogP contribution in [0.25, 0.3) is 0 Å². The lowest BCUT2D eigenvalue weighted by Crippen LogP contribution is -2.34. The molecule has 118 valence electrons. The minimum absolute atomic E-state index is 0.0889. The summed E-state index contributed by atoms with van der Waals surface area (Å²) in [7, 11) is 0. The quantitative estimate of drug-likeness (QED) is 0.664. The Bertz CT molecular complexity index is 578. The predicted molar refractivity (Wildman–Crippen MR) is 79.6 cm³/mol. The van der Waals surface area contributed by atoms with E-state index in [1.165, 1.54) is 13.8 Å². The summed E-state index contributed by atoms with van der Waals surface area (Å²) in [6, 6.07) is 6.59. The van der Waals surface area contributed by atoms with Gasteiger partial charge in [0, 0.05) is 17.9 Å². The van der Waals surface area contributed by atoms with E-state index in [0.717, 1.165) is 6.42 Å². The third-order valence-corrected chi connectivity index (χ3v) is 3.39. The van der Waals surface area contributed by atoms with Gasteiger partial charge in [0.05, 0.1) is 0 Å². The van der Waals surface area contributed by atoms with Crippen molar-refractivity contribution in [1.82, 2.24) is 0 Å². The number of esters is 1. The van der Waals surface area contributed by atoms with Crippen molar-refractivity contribution >= 4 is 23.3 Å². The summed E-state index contributed by atoms with van der Waals surface area (Å²) in [6.45, 7) is 3.49. The molecular formula is C16H19NO5. The Balaban J connectivity index is 1.92. The highest BCUT2D eigenvalue weighted by molar-refractivity contribution is 5.98. The lowest BCUT2D eigenvalue weighted by atomic mass is 10.1. The van der Waals surface area contributed by atoms with Crippen molar-refractivity contribution in [3.63, 3.8) is 0 Å². The molecule has 1 amide bonds. The molecule has 1 N–H and O–H groups in total. The first-order valence-electron chi connectivity index (χ1n) is 7.21. The predicted octanol–water partition coefficient (Wildman–Crippen LogP) is 1.94. The van der Waals surface area contributed by atoms with E-state index in [0.29, 0.717) is 24.3 Å². The minimum Gasteiger partial charge on any atom is -0.451 e. The van der Waals surface area contributed by atoms with E-state index in [1.54, 1.807) is 24.3 Å². The first-order chi connectivity index (χ1) is 10.5. The van der Waals surface area contributed by atoms with Gasteiger partial charge in [0.2, 0.25) is 0 Å². The molecule has 1 aliphatic rings. The molecule has 1 aromatic rings. The Morgan fingerprint density at radius 2 is 2.14 bits per heavy atom. The Labute approximate surface area is 128 Å². The Morgan fingerprint density at radius 3 is 2.77 bits per heavy atom. The third-order valence-electron chi connectivity index (χ3n) is 3.39. The lowest BCUT2D eigenvalue weighted by Gasteiger charge is -2.16. The van der Waals surface area contributed by atoms with Crippen molar-refractivity contribution in [3.8, 4) is 0 Å². The highest BCUT2D eigenvalue weighted by Gasteiger charge is 2.28. The molecule has 6 heteroatoms. The molecule has 0 unspecified atom stereocenters. The highest BCUT2D eigenvalue weighted by Crippen LogP contribution is 2.15. The van der Waals surface area contributed by atoms with E-state index in [-0.39, 0.29) is 5.78 Å². The number of ketones is 1. The number of carbonyl (C=O) groups is 3. The van der Waals surface area contributed by atoms with E-state index in [4.69, 9.17) is 9.47 Å². The molecule has 1 aromatic carbocycles. The number of carbonyl (C=O) groups excluding carboxylic acids is 3. The molecule has 0 aliphatic carbocycles. The maximum atomic E-state index is 12.0. The summed E-state index contributed by atoms with van der Waals surface area (Å²) in [5.41, 5.74) is 0.986. The van der Waals surface area contributed by atoms with Gasteiger partial charge in [-0.2, -0.15) is 0 Å². The molecule has 1 saturated heterocycles. The summed E-state index contributed by atoms with van der Waals surface area (Å²) in [5, 5.41) is 2.62. The second-order valence-corrected chi connectivity index (χ2v) is 5.21. The molecule has 1 fully saturated rings. The summed E-state index contributed by atoms with van der Waals surface area (Å²) < 4.78 is 10.3. The van der Waals surface area contributed by atoms with E-state index < -0.39 is 24.1 Å². The second kappa shape index (κ2) is 7.17. The first-order valence-corrected chi connectivity index (χ1v) is 7.21. The summed E-state index contributed by atoms with van der Waals surface area (Å²) in [5.74, 6) is -1.06. The van der Waals surface area contributed by atoms with E-state index >= 15 is 0 Å². The number of amides is 1. The molecule has 1 aliphatic heterocycles. The van der Waals surface area contributed by atoms with Crippen LogP contribution in [0.15, 0.2) is 24.3 Å². The van der Waals surface area contributed by atoms with Crippen LogP contribution in [0.2, 0.25) is 0 Å². The lowest BCUT2D eigenvalue weighted by molar-refractivity contribution is -0.162. The molecule has 1 heterocycles. The number of benzene rings is 1. The maximum Gasteiger partial charge on any atom is 0.336 e. The summed E-state index contributed by atoms with van der Waals surface area (Å²) in [6.07, 6.45) is -0.0691. The average molecular weight is 305 g/mol. The monoisotopic (exact) mass is 305 g/mol. The van der Waals surface area contributed by atoms with Gasteiger partial charge >= 0.3 is 5.97 Å². The topological polar surface area (TPSA) is 81.7 Å². The van der Waals surface area contributed by atoms with Crippen LogP contribution in [0.5, 0.6) is 0 Å². The molecule has 2 atom stereocenters. The summed E-state index contributed by atoms with van der Waals surface area (Å²) in [4.78, 5) is 35.1. The fraction of sp³-hybridized carbons (Fsp3) is 0.438. The highest BCUT2D eigenvalue weighted by atomic mass is 16.6.